The van der Waals surface area contributed by atoms with E-state index in [-0.39, 0.29) is 5.91 Å². The number of rotatable bonds is 6. The van der Waals surface area contributed by atoms with E-state index in [2.05, 4.69) is 24.9 Å². The molecule has 2 heterocycles. The van der Waals surface area contributed by atoms with Gasteiger partial charge in [0.1, 0.15) is 0 Å². The minimum Gasteiger partial charge on any atom is -0.398 e. The van der Waals surface area contributed by atoms with E-state index >= 15 is 0 Å². The minimum absolute atomic E-state index is 0.103. The summed E-state index contributed by atoms with van der Waals surface area (Å²) in [6.07, 6.45) is 14.5. The van der Waals surface area contributed by atoms with Crippen LogP contribution in [0.3, 0.4) is 0 Å². The lowest BCUT2D eigenvalue weighted by molar-refractivity contribution is -0.128. The van der Waals surface area contributed by atoms with Crippen LogP contribution in [-0.2, 0) is 17.6 Å². The predicted molar refractivity (Wildman–Crippen MR) is 146 cm³/mol. The van der Waals surface area contributed by atoms with Crippen LogP contribution < -0.4 is 5.73 Å². The quantitative estimate of drug-likeness (QED) is 0.275. The first-order chi connectivity index (χ1) is 17.0. The highest BCUT2D eigenvalue weighted by Crippen LogP contribution is 2.36. The fraction of sp³-hybridized carbons (Fsp3) is 0.414. The molecule has 0 bridgehead atoms. The molecule has 0 saturated carbocycles. The lowest BCUT2D eigenvalue weighted by Crippen LogP contribution is -2.47. The summed E-state index contributed by atoms with van der Waals surface area (Å²) in [7, 11) is 2.10. The molecule has 35 heavy (non-hydrogen) atoms. The Hall–Kier alpha value is -3.25. The molecule has 4 rings (SSSR count). The molecule has 6 nitrogen and oxygen atoms in total. The van der Waals surface area contributed by atoms with E-state index in [9.17, 15) is 4.79 Å². The number of pyridine rings is 1. The fourth-order valence-electron chi connectivity index (χ4n) is 5.19. The highest BCUT2D eigenvalue weighted by Gasteiger charge is 2.23. The van der Waals surface area contributed by atoms with Gasteiger partial charge < -0.3 is 20.9 Å². The van der Waals surface area contributed by atoms with Crippen LogP contribution in [0.1, 0.15) is 55.5 Å². The number of hydrogen-bond donors (Lipinski definition) is 2. The maximum absolute atomic E-state index is 13.3. The van der Waals surface area contributed by atoms with Gasteiger partial charge in [-0.3, -0.25) is 4.79 Å². The Balaban J connectivity index is 1.73. The molecule has 2 aliphatic rings. The zero-order valence-corrected chi connectivity index (χ0v) is 21.2. The van der Waals surface area contributed by atoms with Gasteiger partial charge >= 0.3 is 0 Å². The molecule has 0 spiro atoms. The van der Waals surface area contributed by atoms with Crippen LogP contribution in [0.5, 0.6) is 0 Å². The minimum atomic E-state index is 0.103. The van der Waals surface area contributed by atoms with Crippen LogP contribution in [0, 0.1) is 5.41 Å². The number of amides is 1. The SMILES string of the molecule is C\C=C(/C=C\C(=C\CC)C(=O)N1CCN(C)CC1)c1nc2ccc(N)c(C=N)c2c2c1CCCC2. The summed E-state index contributed by atoms with van der Waals surface area (Å²) in [6.45, 7) is 7.43. The Bertz CT molecular complexity index is 1220. The number of nitrogens with two attached hydrogens (primary N) is 1. The maximum Gasteiger partial charge on any atom is 0.253 e. The van der Waals surface area contributed by atoms with Crippen molar-refractivity contribution in [2.24, 2.45) is 0 Å². The zero-order chi connectivity index (χ0) is 24.9. The molecule has 1 amide bonds. The number of likely N-dealkylation sites (N-methyl/N-ethyl adjacent to an activating group) is 1. The second-order valence-electron chi connectivity index (χ2n) is 9.47. The van der Waals surface area contributed by atoms with Crippen molar-refractivity contribution in [2.75, 3.05) is 39.0 Å². The summed E-state index contributed by atoms with van der Waals surface area (Å²) in [4.78, 5) is 22.6. The molecular weight excluding hydrogens is 434 g/mol. The van der Waals surface area contributed by atoms with Crippen LogP contribution in [0.25, 0.3) is 16.5 Å². The van der Waals surface area contributed by atoms with Crippen molar-refractivity contribution >= 4 is 34.3 Å². The molecule has 1 fully saturated rings. The number of nitrogens with one attached hydrogen (secondary N) is 1. The summed E-state index contributed by atoms with van der Waals surface area (Å²) in [5.74, 6) is 0.103. The summed E-state index contributed by atoms with van der Waals surface area (Å²) in [6, 6.07) is 3.81. The van der Waals surface area contributed by atoms with Crippen molar-refractivity contribution in [1.29, 1.82) is 5.41 Å². The average molecular weight is 472 g/mol. The molecule has 0 atom stereocenters. The summed E-state index contributed by atoms with van der Waals surface area (Å²) in [5.41, 5.74) is 13.7. The smallest absolute Gasteiger partial charge is 0.253 e. The molecule has 2 aromatic rings. The molecule has 1 aromatic heterocycles. The molecule has 1 aromatic carbocycles. The van der Waals surface area contributed by atoms with Crippen LogP contribution >= 0.6 is 0 Å². The fourth-order valence-corrected chi connectivity index (χ4v) is 5.19. The van der Waals surface area contributed by atoms with Crippen molar-refractivity contribution in [2.45, 2.75) is 46.0 Å². The third-order valence-corrected chi connectivity index (χ3v) is 7.18. The average Bonchev–Trinajstić information content (AvgIpc) is 2.88. The molecule has 184 valence electrons. The Morgan fingerprint density at radius 3 is 2.49 bits per heavy atom. The second kappa shape index (κ2) is 11.0. The largest absolute Gasteiger partial charge is 0.398 e. The molecule has 1 aliphatic heterocycles. The van der Waals surface area contributed by atoms with Gasteiger partial charge in [-0.1, -0.05) is 25.2 Å². The Kier molecular flexibility index (Phi) is 7.81. The molecule has 6 heteroatoms. The van der Waals surface area contributed by atoms with E-state index in [1.54, 1.807) is 0 Å². The van der Waals surface area contributed by atoms with Gasteiger partial charge in [0.2, 0.25) is 0 Å². The van der Waals surface area contributed by atoms with E-state index in [1.807, 2.05) is 42.2 Å². The number of nitrogens with zero attached hydrogens (tertiary/aromatic N) is 3. The number of piperazine rings is 1. The monoisotopic (exact) mass is 471 g/mol. The highest BCUT2D eigenvalue weighted by atomic mass is 16.2. The number of nitrogen functional groups attached to an aromatic ring is 1. The topological polar surface area (TPSA) is 86.3 Å². The van der Waals surface area contributed by atoms with E-state index < -0.39 is 0 Å². The molecule has 3 N–H and O–H groups in total. The summed E-state index contributed by atoms with van der Waals surface area (Å²) < 4.78 is 0. The number of benzene rings is 1. The van der Waals surface area contributed by atoms with Gasteiger partial charge in [0.25, 0.3) is 5.91 Å². The Labute approximate surface area is 208 Å². The molecule has 0 radical (unpaired) electrons. The van der Waals surface area contributed by atoms with E-state index in [0.29, 0.717) is 5.69 Å². The summed E-state index contributed by atoms with van der Waals surface area (Å²) >= 11 is 0. The third-order valence-electron chi connectivity index (χ3n) is 7.18. The van der Waals surface area contributed by atoms with Gasteiger partial charge in [0.05, 0.1) is 11.2 Å². The number of carbonyl (C=O) groups excluding carboxylic acids is 1. The van der Waals surface area contributed by atoms with Crippen molar-refractivity contribution in [1.82, 2.24) is 14.8 Å². The lowest BCUT2D eigenvalue weighted by atomic mass is 9.84. The number of allylic oxidation sites excluding steroid dienone is 4. The number of hydrogen-bond acceptors (Lipinski definition) is 5. The van der Waals surface area contributed by atoms with Gasteiger partial charge in [-0.2, -0.15) is 0 Å². The second-order valence-corrected chi connectivity index (χ2v) is 9.47. The van der Waals surface area contributed by atoms with Gasteiger partial charge in [0, 0.05) is 54.6 Å². The lowest BCUT2D eigenvalue weighted by Gasteiger charge is -2.32. The van der Waals surface area contributed by atoms with E-state index in [4.69, 9.17) is 16.1 Å². The highest BCUT2D eigenvalue weighted by molar-refractivity contribution is 6.05. The number of carbonyl (C=O) groups is 1. The zero-order valence-electron chi connectivity index (χ0n) is 21.2. The third kappa shape index (κ3) is 5.08. The predicted octanol–water partition coefficient (Wildman–Crippen LogP) is 4.76. The van der Waals surface area contributed by atoms with Crippen LogP contribution in [0.15, 0.2) is 42.0 Å². The van der Waals surface area contributed by atoms with Crippen molar-refractivity contribution < 1.29 is 4.79 Å². The first kappa shape index (κ1) is 24.9. The van der Waals surface area contributed by atoms with Gasteiger partial charge in [-0.05, 0) is 81.0 Å². The van der Waals surface area contributed by atoms with Crippen LogP contribution in [-0.4, -0.2) is 60.1 Å². The number of anilines is 1. The first-order valence-corrected chi connectivity index (χ1v) is 12.8. The normalized spacial score (nSPS) is 17.7. The Morgan fingerprint density at radius 1 is 1.11 bits per heavy atom. The first-order valence-electron chi connectivity index (χ1n) is 12.8. The van der Waals surface area contributed by atoms with Gasteiger partial charge in [-0.25, -0.2) is 4.98 Å². The molecular formula is C29H37N5O. The molecule has 1 aliphatic carbocycles. The van der Waals surface area contributed by atoms with Crippen molar-refractivity contribution in [3.8, 4) is 0 Å². The molecule has 1 saturated heterocycles. The Morgan fingerprint density at radius 2 is 1.83 bits per heavy atom. The summed E-state index contributed by atoms with van der Waals surface area (Å²) in [5, 5.41) is 8.97. The van der Waals surface area contributed by atoms with Gasteiger partial charge in [0.15, 0.2) is 0 Å². The standard InChI is InChI=1S/C29H37N5O/c1-4-8-21(29(35)34-17-15-33(3)16-18-34)12-11-20(5-2)28-23-10-7-6-9-22(23)27-24(19-30)25(31)13-14-26(27)32-28/h5,8,11-14,19,30H,4,6-7,9-10,15-18,31H2,1-3H3/b12-11-,20-5+,21-8-,30-19?. The van der Waals surface area contributed by atoms with Gasteiger partial charge in [-0.15, -0.1) is 0 Å². The van der Waals surface area contributed by atoms with Crippen LogP contribution in [0.4, 0.5) is 5.69 Å². The number of aryl methyl sites for hydroxylation is 1. The number of aromatic nitrogens is 1. The van der Waals surface area contributed by atoms with Crippen molar-refractivity contribution in [3.63, 3.8) is 0 Å². The van der Waals surface area contributed by atoms with Crippen molar-refractivity contribution in [3.05, 3.63) is 64.4 Å². The van der Waals surface area contributed by atoms with Crippen LogP contribution in [0.2, 0.25) is 0 Å². The maximum atomic E-state index is 13.3. The number of fused-ring (bicyclic) bond motifs is 3. The molecule has 0 unspecified atom stereocenters. The van der Waals surface area contributed by atoms with E-state index in [1.165, 1.54) is 17.3 Å². The van der Waals surface area contributed by atoms with E-state index in [0.717, 1.165) is 91.6 Å².